The Morgan fingerprint density at radius 3 is 2.75 bits per heavy atom. The van der Waals surface area contributed by atoms with Gasteiger partial charge in [-0.05, 0) is 18.2 Å². The molecule has 7 heteroatoms. The Morgan fingerprint density at radius 1 is 1.35 bits per heavy atom. The van der Waals surface area contributed by atoms with Crippen LogP contribution in [-0.4, -0.2) is 31.6 Å². The molecule has 1 aromatic carbocycles. The van der Waals surface area contributed by atoms with Gasteiger partial charge in [-0.15, -0.1) is 0 Å². The average molecular weight is 275 g/mol. The number of phenolic OH excluding ortho intramolecular Hbond substituents is 1. The molecule has 0 saturated carbocycles. The third-order valence-electron chi connectivity index (χ3n) is 2.68. The molecule has 0 aliphatic carbocycles. The number of carbonyl (C=O) groups is 2. The summed E-state index contributed by atoms with van der Waals surface area (Å²) in [6, 6.07) is 3.76. The molecule has 0 radical (unpaired) electrons. The van der Waals surface area contributed by atoms with Gasteiger partial charge < -0.3 is 20.1 Å². The zero-order valence-electron chi connectivity index (χ0n) is 10.5. The molecule has 0 spiro atoms. The van der Waals surface area contributed by atoms with Gasteiger partial charge in [-0.1, -0.05) is 0 Å². The van der Waals surface area contributed by atoms with Gasteiger partial charge in [-0.25, -0.2) is 9.78 Å². The Hall–Kier alpha value is -2.83. The van der Waals surface area contributed by atoms with E-state index in [1.54, 1.807) is 23.3 Å². The van der Waals surface area contributed by atoms with Crippen LogP contribution in [0.3, 0.4) is 0 Å². The first-order chi connectivity index (χ1) is 9.56. The molecule has 2 rings (SSSR count). The topological polar surface area (TPSA) is 104 Å². The number of anilines is 1. The number of nitrogens with zero attached hydrogens (tertiary/aromatic N) is 2. The molecule has 7 nitrogen and oxygen atoms in total. The number of amides is 1. The number of carboxylic acids is 1. The molecule has 1 heterocycles. The fourth-order valence-corrected chi connectivity index (χ4v) is 1.63. The number of aromatic nitrogens is 2. The maximum Gasteiger partial charge on any atom is 0.335 e. The number of aromatic hydroxyl groups is 1. The number of nitrogens with one attached hydrogen (secondary N) is 1. The van der Waals surface area contributed by atoms with E-state index in [0.29, 0.717) is 6.54 Å². The van der Waals surface area contributed by atoms with E-state index in [4.69, 9.17) is 5.11 Å². The summed E-state index contributed by atoms with van der Waals surface area (Å²) >= 11 is 0. The second-order valence-corrected chi connectivity index (χ2v) is 4.14. The second-order valence-electron chi connectivity index (χ2n) is 4.14. The number of hydrogen-bond acceptors (Lipinski definition) is 4. The first-order valence-corrected chi connectivity index (χ1v) is 5.88. The number of aromatic carboxylic acids is 1. The molecular weight excluding hydrogens is 262 g/mol. The molecule has 3 N–H and O–H groups in total. The van der Waals surface area contributed by atoms with Gasteiger partial charge in [0.25, 0.3) is 0 Å². The number of phenols is 1. The summed E-state index contributed by atoms with van der Waals surface area (Å²) in [5, 5.41) is 20.9. The van der Waals surface area contributed by atoms with Crippen LogP contribution >= 0.6 is 0 Å². The van der Waals surface area contributed by atoms with Gasteiger partial charge in [0.15, 0.2) is 0 Å². The number of benzene rings is 1. The van der Waals surface area contributed by atoms with Crippen LogP contribution in [0.2, 0.25) is 0 Å². The third kappa shape index (κ3) is 3.35. The Balaban J connectivity index is 1.95. The summed E-state index contributed by atoms with van der Waals surface area (Å²) in [5.74, 6) is -1.70. The second kappa shape index (κ2) is 5.87. The highest BCUT2D eigenvalue weighted by Crippen LogP contribution is 2.24. The van der Waals surface area contributed by atoms with Gasteiger partial charge >= 0.3 is 5.97 Å². The van der Waals surface area contributed by atoms with E-state index in [9.17, 15) is 14.7 Å². The predicted octanol–water partition coefficient (Wildman–Crippen LogP) is 1.32. The van der Waals surface area contributed by atoms with E-state index in [0.717, 1.165) is 6.07 Å². The van der Waals surface area contributed by atoms with E-state index in [1.165, 1.54) is 12.1 Å². The molecule has 0 aliphatic rings. The highest BCUT2D eigenvalue weighted by Gasteiger charge is 2.10. The third-order valence-corrected chi connectivity index (χ3v) is 2.68. The van der Waals surface area contributed by atoms with Gasteiger partial charge in [-0.3, -0.25) is 4.79 Å². The lowest BCUT2D eigenvalue weighted by Crippen LogP contribution is -2.14. The number of aryl methyl sites for hydroxylation is 1. The summed E-state index contributed by atoms with van der Waals surface area (Å²) in [6.45, 7) is 0.472. The maximum absolute atomic E-state index is 11.7. The highest BCUT2D eigenvalue weighted by atomic mass is 16.4. The molecular formula is C13H13N3O4. The highest BCUT2D eigenvalue weighted by molar-refractivity contribution is 5.94. The Labute approximate surface area is 114 Å². The predicted molar refractivity (Wildman–Crippen MR) is 70.5 cm³/mol. The normalized spacial score (nSPS) is 10.2. The SMILES string of the molecule is O=C(CCn1ccnc1)Nc1ccc(C(=O)O)cc1O. The van der Waals surface area contributed by atoms with Crippen LogP contribution in [0.15, 0.2) is 36.9 Å². The van der Waals surface area contributed by atoms with Crippen molar-refractivity contribution in [1.29, 1.82) is 0 Å². The zero-order chi connectivity index (χ0) is 14.5. The Morgan fingerprint density at radius 2 is 2.15 bits per heavy atom. The summed E-state index contributed by atoms with van der Waals surface area (Å²) in [4.78, 5) is 26.3. The fourth-order valence-electron chi connectivity index (χ4n) is 1.63. The van der Waals surface area contributed by atoms with Crippen molar-refractivity contribution < 1.29 is 19.8 Å². The largest absolute Gasteiger partial charge is 0.506 e. The first kappa shape index (κ1) is 13.6. The average Bonchev–Trinajstić information content (AvgIpc) is 2.91. The van der Waals surface area contributed by atoms with Crippen molar-refractivity contribution in [1.82, 2.24) is 9.55 Å². The molecule has 1 amide bonds. The van der Waals surface area contributed by atoms with Crippen molar-refractivity contribution in [2.75, 3.05) is 5.32 Å². The smallest absolute Gasteiger partial charge is 0.335 e. The first-order valence-electron chi connectivity index (χ1n) is 5.88. The molecule has 20 heavy (non-hydrogen) atoms. The van der Waals surface area contributed by atoms with E-state index in [2.05, 4.69) is 10.3 Å². The fraction of sp³-hybridized carbons (Fsp3) is 0.154. The molecule has 0 bridgehead atoms. The van der Waals surface area contributed by atoms with Gasteiger partial charge in [-0.2, -0.15) is 0 Å². The van der Waals surface area contributed by atoms with Gasteiger partial charge in [0.1, 0.15) is 5.75 Å². The molecule has 1 aromatic heterocycles. The Kier molecular flexibility index (Phi) is 3.99. The lowest BCUT2D eigenvalue weighted by molar-refractivity contribution is -0.116. The van der Waals surface area contributed by atoms with Gasteiger partial charge in [0.05, 0.1) is 17.6 Å². The summed E-state index contributed by atoms with van der Waals surface area (Å²) in [5.41, 5.74) is 0.143. The number of rotatable bonds is 5. The number of carboxylic acid groups (broad SMARTS) is 1. The molecule has 104 valence electrons. The number of imidazole rings is 1. The van der Waals surface area contributed by atoms with E-state index in [-0.39, 0.29) is 29.3 Å². The lowest BCUT2D eigenvalue weighted by atomic mass is 10.2. The lowest BCUT2D eigenvalue weighted by Gasteiger charge is -2.08. The summed E-state index contributed by atoms with van der Waals surface area (Å²) in [7, 11) is 0. The van der Waals surface area contributed by atoms with Crippen LogP contribution in [0, 0.1) is 0 Å². The van der Waals surface area contributed by atoms with Crippen molar-refractivity contribution in [3.8, 4) is 5.75 Å². The minimum absolute atomic E-state index is 0.0427. The van der Waals surface area contributed by atoms with Crippen molar-refractivity contribution in [2.45, 2.75) is 13.0 Å². The van der Waals surface area contributed by atoms with Crippen molar-refractivity contribution in [3.05, 3.63) is 42.5 Å². The number of hydrogen-bond donors (Lipinski definition) is 3. The molecule has 0 fully saturated rings. The van der Waals surface area contributed by atoms with Crippen LogP contribution < -0.4 is 5.32 Å². The van der Waals surface area contributed by atoms with Crippen molar-refractivity contribution in [3.63, 3.8) is 0 Å². The van der Waals surface area contributed by atoms with Crippen LogP contribution in [-0.2, 0) is 11.3 Å². The molecule has 2 aromatic rings. The minimum atomic E-state index is -1.14. The van der Waals surface area contributed by atoms with Crippen LogP contribution in [0.1, 0.15) is 16.8 Å². The monoisotopic (exact) mass is 275 g/mol. The van der Waals surface area contributed by atoms with Crippen LogP contribution in [0.25, 0.3) is 0 Å². The van der Waals surface area contributed by atoms with Crippen molar-refractivity contribution >= 4 is 17.6 Å². The minimum Gasteiger partial charge on any atom is -0.506 e. The number of carbonyl (C=O) groups excluding carboxylic acids is 1. The van der Waals surface area contributed by atoms with Gasteiger partial charge in [0.2, 0.25) is 5.91 Å². The standard InChI is InChI=1S/C13H13N3O4/c17-11-7-9(13(19)20)1-2-10(11)15-12(18)3-5-16-6-4-14-8-16/h1-2,4,6-8,17H,3,5H2,(H,15,18)(H,19,20). The van der Waals surface area contributed by atoms with Gasteiger partial charge in [0, 0.05) is 25.4 Å². The zero-order valence-corrected chi connectivity index (χ0v) is 10.5. The Bertz CT molecular complexity index is 623. The van der Waals surface area contributed by atoms with Crippen molar-refractivity contribution in [2.24, 2.45) is 0 Å². The van der Waals surface area contributed by atoms with E-state index >= 15 is 0 Å². The molecule has 0 aliphatic heterocycles. The van der Waals surface area contributed by atoms with Crippen LogP contribution in [0.4, 0.5) is 5.69 Å². The van der Waals surface area contributed by atoms with E-state index in [1.807, 2.05) is 0 Å². The molecule has 0 unspecified atom stereocenters. The molecule has 0 saturated heterocycles. The summed E-state index contributed by atoms with van der Waals surface area (Å²) in [6.07, 6.45) is 5.18. The maximum atomic E-state index is 11.7. The van der Waals surface area contributed by atoms with E-state index < -0.39 is 5.97 Å². The van der Waals surface area contributed by atoms with Crippen LogP contribution in [0.5, 0.6) is 5.75 Å². The summed E-state index contributed by atoms with van der Waals surface area (Å²) < 4.78 is 1.76. The molecule has 0 atom stereocenters. The quantitative estimate of drug-likeness (QED) is 0.714.